The van der Waals surface area contributed by atoms with Crippen molar-refractivity contribution in [1.29, 1.82) is 5.26 Å². The van der Waals surface area contributed by atoms with Crippen molar-refractivity contribution in [3.05, 3.63) is 35.4 Å². The van der Waals surface area contributed by atoms with Crippen LogP contribution in [0.25, 0.3) is 0 Å². The monoisotopic (exact) mass is 277 g/mol. The molecule has 0 saturated carbocycles. The standard InChI is InChI=1S/C12H8F5NO/c1-11(6-18,9(19)10(13)14)7-4-2-3-5-8(7)12(15,16)17/h2-5,10H,1H3. The highest BCUT2D eigenvalue weighted by Crippen LogP contribution is 2.38. The van der Waals surface area contributed by atoms with Gasteiger partial charge in [0.1, 0.15) is 5.41 Å². The number of carbonyl (C=O) groups is 1. The molecule has 1 unspecified atom stereocenters. The molecule has 1 atom stereocenters. The van der Waals surface area contributed by atoms with Crippen LogP contribution in [-0.2, 0) is 16.4 Å². The molecular formula is C12H8F5NO. The van der Waals surface area contributed by atoms with E-state index in [0.29, 0.717) is 6.07 Å². The number of hydrogen-bond donors (Lipinski definition) is 0. The molecule has 0 bridgehead atoms. The summed E-state index contributed by atoms with van der Waals surface area (Å²) < 4.78 is 63.2. The first-order valence-corrected chi connectivity index (χ1v) is 5.05. The molecule has 1 rings (SSSR count). The third kappa shape index (κ3) is 2.72. The van der Waals surface area contributed by atoms with E-state index in [-0.39, 0.29) is 0 Å². The van der Waals surface area contributed by atoms with Gasteiger partial charge in [-0.3, -0.25) is 4.79 Å². The van der Waals surface area contributed by atoms with Crippen LogP contribution in [0.5, 0.6) is 0 Å². The van der Waals surface area contributed by atoms with Gasteiger partial charge in [0, 0.05) is 0 Å². The van der Waals surface area contributed by atoms with Gasteiger partial charge >= 0.3 is 6.18 Å². The fourth-order valence-corrected chi connectivity index (χ4v) is 1.63. The Labute approximate surface area is 105 Å². The van der Waals surface area contributed by atoms with Crippen LogP contribution < -0.4 is 0 Å². The molecule has 0 aliphatic rings. The number of halogens is 5. The molecule has 0 aromatic heterocycles. The fraction of sp³-hybridized carbons (Fsp3) is 0.333. The summed E-state index contributed by atoms with van der Waals surface area (Å²) in [5.74, 6) is -1.85. The molecule has 0 aliphatic heterocycles. The molecule has 2 nitrogen and oxygen atoms in total. The third-order valence-electron chi connectivity index (χ3n) is 2.69. The van der Waals surface area contributed by atoms with Crippen LogP contribution in [-0.4, -0.2) is 12.2 Å². The summed E-state index contributed by atoms with van der Waals surface area (Å²) in [5.41, 5.74) is -4.58. The maximum absolute atomic E-state index is 12.8. The molecule has 0 saturated heterocycles. The summed E-state index contributed by atoms with van der Waals surface area (Å²) >= 11 is 0. The number of ketones is 1. The molecule has 0 radical (unpaired) electrons. The van der Waals surface area contributed by atoms with E-state index in [9.17, 15) is 26.7 Å². The Morgan fingerprint density at radius 3 is 2.05 bits per heavy atom. The molecule has 102 valence electrons. The molecule has 0 amide bonds. The van der Waals surface area contributed by atoms with Crippen molar-refractivity contribution in [3.8, 4) is 6.07 Å². The quantitative estimate of drug-likeness (QED) is 0.795. The number of Topliss-reactive ketones (excluding diaryl/α,β-unsaturated/α-hetero) is 1. The summed E-state index contributed by atoms with van der Waals surface area (Å²) in [6, 6.07) is 4.96. The minimum absolute atomic E-state index is 0.643. The second kappa shape index (κ2) is 4.96. The van der Waals surface area contributed by atoms with Gasteiger partial charge in [-0.15, -0.1) is 0 Å². The summed E-state index contributed by atoms with van der Waals surface area (Å²) in [5, 5.41) is 8.88. The molecule has 19 heavy (non-hydrogen) atoms. The molecule has 1 aromatic rings. The number of nitrogens with zero attached hydrogens (tertiary/aromatic N) is 1. The molecule has 0 aliphatic carbocycles. The first-order chi connectivity index (χ1) is 8.64. The fourth-order valence-electron chi connectivity index (χ4n) is 1.63. The van der Waals surface area contributed by atoms with E-state index in [1.165, 1.54) is 6.07 Å². The van der Waals surface area contributed by atoms with Crippen molar-refractivity contribution in [2.75, 3.05) is 0 Å². The van der Waals surface area contributed by atoms with Crippen LogP contribution in [0.3, 0.4) is 0 Å². The van der Waals surface area contributed by atoms with Crippen LogP contribution in [0, 0.1) is 11.3 Å². The van der Waals surface area contributed by atoms with Crippen LogP contribution in [0.4, 0.5) is 22.0 Å². The Morgan fingerprint density at radius 2 is 1.68 bits per heavy atom. The number of rotatable bonds is 3. The lowest BCUT2D eigenvalue weighted by Gasteiger charge is -2.24. The van der Waals surface area contributed by atoms with Gasteiger partial charge in [0.05, 0.1) is 11.6 Å². The lowest BCUT2D eigenvalue weighted by atomic mass is 9.77. The number of benzene rings is 1. The van der Waals surface area contributed by atoms with E-state index in [1.54, 1.807) is 0 Å². The summed E-state index contributed by atoms with van der Waals surface area (Å²) in [4.78, 5) is 11.3. The Bertz CT molecular complexity index is 532. The lowest BCUT2D eigenvalue weighted by molar-refractivity contribution is -0.140. The topological polar surface area (TPSA) is 40.9 Å². The lowest BCUT2D eigenvalue weighted by Crippen LogP contribution is -2.37. The average Bonchev–Trinajstić information content (AvgIpc) is 2.35. The van der Waals surface area contributed by atoms with Gasteiger partial charge in [0.2, 0.25) is 5.78 Å². The predicted molar refractivity (Wildman–Crippen MR) is 55.4 cm³/mol. The Morgan fingerprint density at radius 1 is 1.21 bits per heavy atom. The van der Waals surface area contributed by atoms with Gasteiger partial charge < -0.3 is 0 Å². The van der Waals surface area contributed by atoms with Crippen molar-refractivity contribution >= 4 is 5.78 Å². The van der Waals surface area contributed by atoms with Crippen LogP contribution >= 0.6 is 0 Å². The molecule has 0 fully saturated rings. The first kappa shape index (κ1) is 15.1. The van der Waals surface area contributed by atoms with Gasteiger partial charge in [-0.2, -0.15) is 18.4 Å². The van der Waals surface area contributed by atoms with Gasteiger partial charge in [-0.1, -0.05) is 18.2 Å². The maximum atomic E-state index is 12.8. The molecule has 0 heterocycles. The highest BCUT2D eigenvalue weighted by atomic mass is 19.4. The number of hydrogen-bond acceptors (Lipinski definition) is 2. The van der Waals surface area contributed by atoms with Crippen molar-refractivity contribution in [2.24, 2.45) is 0 Å². The highest BCUT2D eigenvalue weighted by molar-refractivity contribution is 5.95. The third-order valence-corrected chi connectivity index (χ3v) is 2.69. The van der Waals surface area contributed by atoms with Gasteiger partial charge in [-0.25, -0.2) is 8.78 Å². The minimum Gasteiger partial charge on any atom is -0.291 e. The largest absolute Gasteiger partial charge is 0.416 e. The zero-order valence-corrected chi connectivity index (χ0v) is 9.63. The molecule has 0 spiro atoms. The van der Waals surface area contributed by atoms with Crippen LogP contribution in [0.15, 0.2) is 24.3 Å². The van der Waals surface area contributed by atoms with Crippen molar-refractivity contribution in [1.82, 2.24) is 0 Å². The minimum atomic E-state index is -4.84. The molecule has 0 N–H and O–H groups in total. The van der Waals surface area contributed by atoms with Gasteiger partial charge in [0.25, 0.3) is 6.43 Å². The maximum Gasteiger partial charge on any atom is 0.416 e. The van der Waals surface area contributed by atoms with Gasteiger partial charge in [-0.05, 0) is 18.6 Å². The number of carbonyl (C=O) groups excluding carboxylic acids is 1. The Balaban J connectivity index is 3.52. The second-order valence-electron chi connectivity index (χ2n) is 3.95. The normalized spacial score (nSPS) is 14.8. The number of alkyl halides is 5. The van der Waals surface area contributed by atoms with E-state index in [1.807, 2.05) is 0 Å². The van der Waals surface area contributed by atoms with E-state index in [0.717, 1.165) is 25.1 Å². The SMILES string of the molecule is CC(C#N)(C(=O)C(F)F)c1ccccc1C(F)(F)F. The first-order valence-electron chi connectivity index (χ1n) is 5.05. The molecular weight excluding hydrogens is 269 g/mol. The second-order valence-corrected chi connectivity index (χ2v) is 3.95. The van der Waals surface area contributed by atoms with E-state index >= 15 is 0 Å². The Hall–Kier alpha value is -1.97. The number of nitriles is 1. The average molecular weight is 277 g/mol. The highest BCUT2D eigenvalue weighted by Gasteiger charge is 2.46. The van der Waals surface area contributed by atoms with Crippen molar-refractivity contribution < 1.29 is 26.7 Å². The molecule has 1 aromatic carbocycles. The van der Waals surface area contributed by atoms with E-state index in [4.69, 9.17) is 5.26 Å². The smallest absolute Gasteiger partial charge is 0.291 e. The van der Waals surface area contributed by atoms with Crippen LogP contribution in [0.1, 0.15) is 18.1 Å². The summed E-state index contributed by atoms with van der Waals surface area (Å²) in [6.45, 7) is 0.756. The van der Waals surface area contributed by atoms with Crippen molar-refractivity contribution in [3.63, 3.8) is 0 Å². The zero-order chi connectivity index (χ0) is 14.8. The predicted octanol–water partition coefficient (Wildman–Crippen LogP) is 3.32. The Kier molecular flexibility index (Phi) is 3.94. The van der Waals surface area contributed by atoms with Crippen molar-refractivity contribution in [2.45, 2.75) is 24.9 Å². The molecule has 7 heteroatoms. The summed E-state index contributed by atoms with van der Waals surface area (Å²) in [7, 11) is 0. The zero-order valence-electron chi connectivity index (χ0n) is 9.63. The van der Waals surface area contributed by atoms with Gasteiger partial charge in [0.15, 0.2) is 0 Å². The van der Waals surface area contributed by atoms with E-state index < -0.39 is 34.9 Å². The summed E-state index contributed by atoms with van der Waals surface area (Å²) in [6.07, 6.45) is -8.36. The van der Waals surface area contributed by atoms with E-state index in [2.05, 4.69) is 0 Å². The van der Waals surface area contributed by atoms with Crippen LogP contribution in [0.2, 0.25) is 0 Å².